The highest BCUT2D eigenvalue weighted by molar-refractivity contribution is 5.74. The molecule has 3 rings (SSSR count). The molecule has 1 N–H and O–H groups in total. The zero-order valence-electron chi connectivity index (χ0n) is 8.50. The van der Waals surface area contributed by atoms with Gasteiger partial charge in [0.15, 0.2) is 0 Å². The molecule has 1 atom stereocenters. The summed E-state index contributed by atoms with van der Waals surface area (Å²) in [5.41, 5.74) is 3.16. The van der Waals surface area contributed by atoms with Crippen molar-refractivity contribution < 1.29 is 9.90 Å². The Labute approximate surface area is 92.2 Å². The van der Waals surface area contributed by atoms with Crippen molar-refractivity contribution in [1.82, 2.24) is 9.55 Å². The summed E-state index contributed by atoms with van der Waals surface area (Å²) in [6.45, 7) is 0. The first-order valence-corrected chi connectivity index (χ1v) is 5.10. The number of rotatable bonds is 2. The Morgan fingerprint density at radius 3 is 3.06 bits per heavy atom. The highest BCUT2D eigenvalue weighted by atomic mass is 16.4. The molecule has 1 aromatic heterocycles. The standard InChI is InChI=1S/C12H10N2O2/c15-12(16)5-10-8-3-1-2-4-9(8)11-6-13-7-14(10)11/h1-4,6-7,10H,5H2,(H,15,16). The molecule has 4 heteroatoms. The fourth-order valence-corrected chi connectivity index (χ4v) is 2.31. The Morgan fingerprint density at radius 1 is 1.44 bits per heavy atom. The monoisotopic (exact) mass is 214 g/mol. The van der Waals surface area contributed by atoms with Crippen LogP contribution in [0.5, 0.6) is 0 Å². The molecule has 1 aliphatic rings. The molecule has 80 valence electrons. The lowest BCUT2D eigenvalue weighted by Gasteiger charge is -2.11. The summed E-state index contributed by atoms with van der Waals surface area (Å²) in [5.74, 6) is -0.790. The van der Waals surface area contributed by atoms with E-state index >= 15 is 0 Å². The van der Waals surface area contributed by atoms with E-state index in [1.807, 2.05) is 28.8 Å². The Kier molecular flexibility index (Phi) is 1.83. The Balaban J connectivity index is 2.17. The van der Waals surface area contributed by atoms with E-state index in [1.54, 1.807) is 12.5 Å². The maximum Gasteiger partial charge on any atom is 0.305 e. The van der Waals surface area contributed by atoms with Crippen LogP contribution in [0.15, 0.2) is 36.8 Å². The van der Waals surface area contributed by atoms with Gasteiger partial charge in [0.2, 0.25) is 0 Å². The van der Waals surface area contributed by atoms with Crippen LogP contribution in [0.4, 0.5) is 0 Å². The van der Waals surface area contributed by atoms with Crippen LogP contribution in [0.3, 0.4) is 0 Å². The topological polar surface area (TPSA) is 55.1 Å². The van der Waals surface area contributed by atoms with E-state index in [0.717, 1.165) is 16.8 Å². The van der Waals surface area contributed by atoms with Crippen molar-refractivity contribution in [3.05, 3.63) is 42.4 Å². The minimum atomic E-state index is -0.790. The van der Waals surface area contributed by atoms with Crippen molar-refractivity contribution >= 4 is 5.97 Å². The second-order valence-electron chi connectivity index (χ2n) is 3.89. The van der Waals surface area contributed by atoms with Gasteiger partial charge in [-0.1, -0.05) is 24.3 Å². The molecular weight excluding hydrogens is 204 g/mol. The highest BCUT2D eigenvalue weighted by Crippen LogP contribution is 2.40. The summed E-state index contributed by atoms with van der Waals surface area (Å²) in [4.78, 5) is 14.9. The summed E-state index contributed by atoms with van der Waals surface area (Å²) < 4.78 is 1.93. The highest BCUT2D eigenvalue weighted by Gasteiger charge is 2.29. The van der Waals surface area contributed by atoms with Crippen LogP contribution < -0.4 is 0 Å². The number of hydrogen-bond acceptors (Lipinski definition) is 2. The molecule has 4 nitrogen and oxygen atoms in total. The van der Waals surface area contributed by atoms with Gasteiger partial charge in [0.05, 0.1) is 30.7 Å². The third-order valence-corrected chi connectivity index (χ3v) is 2.97. The van der Waals surface area contributed by atoms with Gasteiger partial charge in [-0.2, -0.15) is 0 Å². The van der Waals surface area contributed by atoms with E-state index in [2.05, 4.69) is 4.98 Å². The quantitative estimate of drug-likeness (QED) is 0.831. The first kappa shape index (κ1) is 9.15. The van der Waals surface area contributed by atoms with Gasteiger partial charge >= 0.3 is 5.97 Å². The van der Waals surface area contributed by atoms with Gasteiger partial charge in [-0.25, -0.2) is 4.98 Å². The van der Waals surface area contributed by atoms with E-state index < -0.39 is 5.97 Å². The van der Waals surface area contributed by atoms with Crippen LogP contribution in [0, 0.1) is 0 Å². The molecule has 2 heterocycles. The third-order valence-electron chi connectivity index (χ3n) is 2.97. The average Bonchev–Trinajstić information content (AvgIpc) is 2.82. The minimum Gasteiger partial charge on any atom is -0.481 e. The van der Waals surface area contributed by atoms with E-state index in [9.17, 15) is 4.79 Å². The van der Waals surface area contributed by atoms with Crippen molar-refractivity contribution in [2.45, 2.75) is 12.5 Å². The lowest BCUT2D eigenvalue weighted by molar-refractivity contribution is -0.137. The average molecular weight is 214 g/mol. The molecule has 0 fully saturated rings. The SMILES string of the molecule is O=C(O)CC1c2ccccc2-c2cncn21. The second kappa shape index (κ2) is 3.20. The van der Waals surface area contributed by atoms with E-state index in [-0.39, 0.29) is 12.5 Å². The van der Waals surface area contributed by atoms with Gasteiger partial charge in [0, 0.05) is 5.56 Å². The smallest absolute Gasteiger partial charge is 0.305 e. The van der Waals surface area contributed by atoms with Gasteiger partial charge in [-0.15, -0.1) is 0 Å². The Hall–Kier alpha value is -2.10. The molecule has 0 spiro atoms. The van der Waals surface area contributed by atoms with Crippen molar-refractivity contribution in [2.24, 2.45) is 0 Å². The molecule has 0 aliphatic carbocycles. The van der Waals surface area contributed by atoms with Crippen LogP contribution in [-0.2, 0) is 4.79 Å². The fourth-order valence-electron chi connectivity index (χ4n) is 2.31. The number of benzene rings is 1. The molecule has 1 unspecified atom stereocenters. The number of carboxylic acid groups (broad SMARTS) is 1. The normalized spacial score (nSPS) is 16.9. The molecule has 16 heavy (non-hydrogen) atoms. The molecule has 0 saturated carbocycles. The lowest BCUT2D eigenvalue weighted by Crippen LogP contribution is -2.10. The number of imidazole rings is 1. The molecular formula is C12H10N2O2. The number of hydrogen-bond donors (Lipinski definition) is 1. The van der Waals surface area contributed by atoms with Crippen LogP contribution >= 0.6 is 0 Å². The summed E-state index contributed by atoms with van der Waals surface area (Å²) >= 11 is 0. The van der Waals surface area contributed by atoms with Crippen LogP contribution in [0.2, 0.25) is 0 Å². The molecule has 1 aromatic carbocycles. The molecule has 0 radical (unpaired) electrons. The van der Waals surface area contributed by atoms with Gasteiger partial charge in [-0.05, 0) is 5.56 Å². The largest absolute Gasteiger partial charge is 0.481 e. The minimum absolute atomic E-state index is 0.0976. The maximum absolute atomic E-state index is 10.9. The summed E-state index contributed by atoms with van der Waals surface area (Å²) in [6, 6.07) is 7.76. The van der Waals surface area contributed by atoms with Crippen molar-refractivity contribution in [3.8, 4) is 11.3 Å². The van der Waals surface area contributed by atoms with Crippen LogP contribution in [0.1, 0.15) is 18.0 Å². The fraction of sp³-hybridized carbons (Fsp3) is 0.167. The molecule has 0 saturated heterocycles. The van der Waals surface area contributed by atoms with E-state index in [1.165, 1.54) is 0 Å². The Bertz CT molecular complexity index is 560. The number of fused-ring (bicyclic) bond motifs is 3. The predicted molar refractivity (Wildman–Crippen MR) is 58.1 cm³/mol. The van der Waals surface area contributed by atoms with Crippen molar-refractivity contribution in [2.75, 3.05) is 0 Å². The van der Waals surface area contributed by atoms with E-state index in [4.69, 9.17) is 5.11 Å². The maximum atomic E-state index is 10.9. The molecule has 2 aromatic rings. The van der Waals surface area contributed by atoms with Gasteiger partial charge in [0.1, 0.15) is 0 Å². The number of nitrogens with zero attached hydrogens (tertiary/aromatic N) is 2. The third kappa shape index (κ3) is 1.16. The predicted octanol–water partition coefficient (Wildman–Crippen LogP) is 1.93. The van der Waals surface area contributed by atoms with Crippen molar-refractivity contribution in [1.29, 1.82) is 0 Å². The first-order chi connectivity index (χ1) is 7.77. The summed E-state index contributed by atoms with van der Waals surface area (Å²) in [7, 11) is 0. The molecule has 1 aliphatic heterocycles. The van der Waals surface area contributed by atoms with Gasteiger partial charge in [0.25, 0.3) is 0 Å². The number of aliphatic carboxylic acids is 1. The number of aromatic nitrogens is 2. The van der Waals surface area contributed by atoms with E-state index in [0.29, 0.717) is 0 Å². The number of carboxylic acids is 1. The zero-order chi connectivity index (χ0) is 11.1. The van der Waals surface area contributed by atoms with Crippen molar-refractivity contribution in [3.63, 3.8) is 0 Å². The zero-order valence-corrected chi connectivity index (χ0v) is 8.50. The van der Waals surface area contributed by atoms with Crippen LogP contribution in [0.25, 0.3) is 11.3 Å². The van der Waals surface area contributed by atoms with Gasteiger partial charge in [-0.3, -0.25) is 4.79 Å². The molecule has 0 bridgehead atoms. The van der Waals surface area contributed by atoms with Gasteiger partial charge < -0.3 is 9.67 Å². The second-order valence-corrected chi connectivity index (χ2v) is 3.89. The summed E-state index contributed by atoms with van der Waals surface area (Å²) in [6.07, 6.45) is 3.57. The first-order valence-electron chi connectivity index (χ1n) is 5.10. The number of carbonyl (C=O) groups is 1. The molecule has 0 amide bonds. The summed E-state index contributed by atoms with van der Waals surface area (Å²) in [5, 5.41) is 8.93. The lowest BCUT2D eigenvalue weighted by atomic mass is 10.0. The Morgan fingerprint density at radius 2 is 2.25 bits per heavy atom. The van der Waals surface area contributed by atoms with Crippen LogP contribution in [-0.4, -0.2) is 20.6 Å².